The van der Waals surface area contributed by atoms with Crippen molar-refractivity contribution in [2.24, 2.45) is 0 Å². The van der Waals surface area contributed by atoms with E-state index in [1.807, 2.05) is 49.4 Å². The molecule has 0 aliphatic carbocycles. The highest BCUT2D eigenvalue weighted by Gasteiger charge is 2.50. The molecule has 0 radical (unpaired) electrons. The van der Waals surface area contributed by atoms with Gasteiger partial charge >= 0.3 is 0 Å². The number of para-hydroxylation sites is 1. The van der Waals surface area contributed by atoms with E-state index in [2.05, 4.69) is 0 Å². The Bertz CT molecular complexity index is 813. The number of allylic oxidation sites excluding steroid dienone is 1. The Morgan fingerprint density at radius 3 is 2.52 bits per heavy atom. The second-order valence-electron chi connectivity index (χ2n) is 6.22. The average Bonchev–Trinajstić information content (AvgIpc) is 2.83. The number of carbonyl (C=O) groups excluding carboxylic acids is 2. The van der Waals surface area contributed by atoms with Crippen molar-refractivity contribution in [1.29, 1.82) is 0 Å². The summed E-state index contributed by atoms with van der Waals surface area (Å²) >= 11 is 0. The molecule has 1 amide bonds. The third-order valence-corrected chi connectivity index (χ3v) is 4.38. The maximum Gasteiger partial charge on any atom is 0.264 e. The van der Waals surface area contributed by atoms with Crippen LogP contribution in [0.3, 0.4) is 0 Å². The first-order valence-electron chi connectivity index (χ1n) is 8.46. The maximum atomic E-state index is 12.8. The molecule has 128 valence electrons. The van der Waals surface area contributed by atoms with E-state index < -0.39 is 11.5 Å². The summed E-state index contributed by atoms with van der Waals surface area (Å²) in [6.07, 6.45) is 3.64. The highest BCUT2D eigenvalue weighted by molar-refractivity contribution is 6.10. The summed E-state index contributed by atoms with van der Waals surface area (Å²) in [5.74, 6) is -0.704. The SMILES string of the molecule is CCCN1C(=O)C(O)(CC(=O)C=Cc2ccccc2)c2ccccc21. The van der Waals surface area contributed by atoms with Gasteiger partial charge in [0.25, 0.3) is 5.91 Å². The van der Waals surface area contributed by atoms with Crippen LogP contribution in [0, 0.1) is 0 Å². The minimum atomic E-state index is -1.79. The minimum Gasteiger partial charge on any atom is -0.375 e. The number of carbonyl (C=O) groups is 2. The van der Waals surface area contributed by atoms with E-state index in [1.54, 1.807) is 23.1 Å². The zero-order valence-corrected chi connectivity index (χ0v) is 14.2. The molecule has 25 heavy (non-hydrogen) atoms. The first-order valence-corrected chi connectivity index (χ1v) is 8.46. The van der Waals surface area contributed by atoms with Crippen LogP contribution in [0.25, 0.3) is 6.08 Å². The highest BCUT2D eigenvalue weighted by Crippen LogP contribution is 2.42. The smallest absolute Gasteiger partial charge is 0.264 e. The lowest BCUT2D eigenvalue weighted by atomic mass is 9.89. The molecule has 4 nitrogen and oxygen atoms in total. The first kappa shape index (κ1) is 17.1. The molecule has 0 fully saturated rings. The molecule has 0 aromatic heterocycles. The van der Waals surface area contributed by atoms with Crippen LogP contribution in [0.1, 0.15) is 30.9 Å². The second kappa shape index (κ2) is 7.03. The van der Waals surface area contributed by atoms with Gasteiger partial charge in [0.1, 0.15) is 0 Å². The van der Waals surface area contributed by atoms with Crippen molar-refractivity contribution in [2.75, 3.05) is 11.4 Å². The van der Waals surface area contributed by atoms with Crippen LogP contribution >= 0.6 is 0 Å². The fourth-order valence-corrected chi connectivity index (χ4v) is 3.19. The third kappa shape index (κ3) is 3.26. The van der Waals surface area contributed by atoms with E-state index in [9.17, 15) is 14.7 Å². The summed E-state index contributed by atoms with van der Waals surface area (Å²) in [6.45, 7) is 2.49. The van der Waals surface area contributed by atoms with Gasteiger partial charge in [0.05, 0.1) is 12.1 Å². The van der Waals surface area contributed by atoms with E-state index in [0.29, 0.717) is 17.8 Å². The molecule has 2 aromatic rings. The highest BCUT2D eigenvalue weighted by atomic mass is 16.3. The Morgan fingerprint density at radius 2 is 1.80 bits per heavy atom. The normalized spacial score (nSPS) is 19.4. The van der Waals surface area contributed by atoms with Gasteiger partial charge < -0.3 is 10.0 Å². The van der Waals surface area contributed by atoms with Crippen LogP contribution in [0.5, 0.6) is 0 Å². The van der Waals surface area contributed by atoms with Gasteiger partial charge in [-0.3, -0.25) is 9.59 Å². The van der Waals surface area contributed by atoms with Crippen LogP contribution in [0.2, 0.25) is 0 Å². The van der Waals surface area contributed by atoms with Crippen molar-refractivity contribution in [3.05, 3.63) is 71.8 Å². The van der Waals surface area contributed by atoms with Crippen LogP contribution in [-0.4, -0.2) is 23.3 Å². The molecule has 1 atom stereocenters. The lowest BCUT2D eigenvalue weighted by Crippen LogP contribution is -2.41. The van der Waals surface area contributed by atoms with Gasteiger partial charge in [-0.1, -0.05) is 61.5 Å². The average molecular weight is 335 g/mol. The molecule has 1 aliphatic heterocycles. The van der Waals surface area contributed by atoms with Crippen LogP contribution < -0.4 is 4.90 Å². The number of amides is 1. The number of benzene rings is 2. The number of nitrogens with zero attached hydrogens (tertiary/aromatic N) is 1. The Balaban J connectivity index is 1.84. The van der Waals surface area contributed by atoms with Crippen molar-refractivity contribution in [1.82, 2.24) is 0 Å². The molecule has 3 rings (SSSR count). The summed E-state index contributed by atoms with van der Waals surface area (Å²) in [5, 5.41) is 11.0. The second-order valence-corrected chi connectivity index (χ2v) is 6.22. The molecule has 1 N–H and O–H groups in total. The van der Waals surface area contributed by atoms with E-state index >= 15 is 0 Å². The molecular weight excluding hydrogens is 314 g/mol. The largest absolute Gasteiger partial charge is 0.375 e. The van der Waals surface area contributed by atoms with Crippen molar-refractivity contribution in [2.45, 2.75) is 25.4 Å². The van der Waals surface area contributed by atoms with Crippen molar-refractivity contribution in [3.63, 3.8) is 0 Å². The zero-order valence-electron chi connectivity index (χ0n) is 14.2. The van der Waals surface area contributed by atoms with Gasteiger partial charge in [-0.25, -0.2) is 0 Å². The van der Waals surface area contributed by atoms with E-state index in [0.717, 1.165) is 12.0 Å². The predicted octanol–water partition coefficient (Wildman–Crippen LogP) is 3.30. The summed E-state index contributed by atoms with van der Waals surface area (Å²) in [4.78, 5) is 26.7. The van der Waals surface area contributed by atoms with Crippen LogP contribution in [-0.2, 0) is 15.2 Å². The zero-order chi connectivity index (χ0) is 17.9. The number of ketones is 1. The van der Waals surface area contributed by atoms with Gasteiger partial charge in [-0.2, -0.15) is 0 Å². The number of aliphatic hydroxyl groups is 1. The monoisotopic (exact) mass is 335 g/mol. The van der Waals surface area contributed by atoms with Crippen LogP contribution in [0.15, 0.2) is 60.7 Å². The molecule has 0 bridgehead atoms. The lowest BCUT2D eigenvalue weighted by Gasteiger charge is -2.22. The molecule has 1 heterocycles. The summed E-state index contributed by atoms with van der Waals surface area (Å²) in [7, 11) is 0. The van der Waals surface area contributed by atoms with E-state index in [-0.39, 0.29) is 12.2 Å². The third-order valence-electron chi connectivity index (χ3n) is 4.38. The molecule has 0 saturated heterocycles. The van der Waals surface area contributed by atoms with Gasteiger partial charge in [-0.15, -0.1) is 0 Å². The van der Waals surface area contributed by atoms with Gasteiger partial charge in [0.15, 0.2) is 11.4 Å². The Hall–Kier alpha value is -2.72. The predicted molar refractivity (Wildman–Crippen MR) is 98.1 cm³/mol. The number of fused-ring (bicyclic) bond motifs is 1. The van der Waals surface area contributed by atoms with Crippen molar-refractivity contribution < 1.29 is 14.7 Å². The maximum absolute atomic E-state index is 12.8. The number of anilines is 1. The van der Waals surface area contributed by atoms with Gasteiger partial charge in [0.2, 0.25) is 0 Å². The fraction of sp³-hybridized carbons (Fsp3) is 0.238. The first-order chi connectivity index (χ1) is 12.1. The number of hydrogen-bond acceptors (Lipinski definition) is 3. The molecular formula is C21H21NO3. The fourth-order valence-electron chi connectivity index (χ4n) is 3.19. The van der Waals surface area contributed by atoms with Crippen LogP contribution in [0.4, 0.5) is 5.69 Å². The van der Waals surface area contributed by atoms with Gasteiger partial charge in [-0.05, 0) is 24.1 Å². The summed E-state index contributed by atoms with van der Waals surface area (Å²) in [6, 6.07) is 16.6. The van der Waals surface area contributed by atoms with Gasteiger partial charge in [0, 0.05) is 12.1 Å². The molecule has 0 saturated carbocycles. The standard InChI is InChI=1S/C21H21NO3/c1-2-14-22-19-11-7-6-10-18(19)21(25,20(22)24)15-17(23)13-12-16-8-4-3-5-9-16/h3-13,25H,2,14-15H2,1H3. The van der Waals surface area contributed by atoms with Crippen molar-refractivity contribution >= 4 is 23.5 Å². The minimum absolute atomic E-state index is 0.258. The van der Waals surface area contributed by atoms with E-state index in [1.165, 1.54) is 6.08 Å². The Kier molecular flexibility index (Phi) is 4.81. The summed E-state index contributed by atoms with van der Waals surface area (Å²) < 4.78 is 0. The summed E-state index contributed by atoms with van der Waals surface area (Å²) in [5.41, 5.74) is 0.310. The number of rotatable bonds is 6. The topological polar surface area (TPSA) is 57.6 Å². The lowest BCUT2D eigenvalue weighted by molar-refractivity contribution is -0.140. The Morgan fingerprint density at radius 1 is 1.12 bits per heavy atom. The quantitative estimate of drug-likeness (QED) is 0.824. The molecule has 4 heteroatoms. The molecule has 2 aromatic carbocycles. The van der Waals surface area contributed by atoms with E-state index in [4.69, 9.17) is 0 Å². The Labute approximate surface area is 147 Å². The molecule has 1 aliphatic rings. The molecule has 1 unspecified atom stereocenters. The molecule has 0 spiro atoms. The van der Waals surface area contributed by atoms with Crippen molar-refractivity contribution in [3.8, 4) is 0 Å². The number of hydrogen-bond donors (Lipinski definition) is 1.